The summed E-state index contributed by atoms with van der Waals surface area (Å²) >= 11 is 0. The van der Waals surface area contributed by atoms with Gasteiger partial charge in [0.05, 0.1) is 7.11 Å². The first-order chi connectivity index (χ1) is 4.86. The van der Waals surface area contributed by atoms with Crippen molar-refractivity contribution in [2.24, 2.45) is 0 Å². The number of hydrogen-bond acceptors (Lipinski definition) is 2. The number of rotatable bonds is 2. The molecule has 0 aliphatic carbocycles. The molecular formula is C8H9NO. The molecule has 2 nitrogen and oxygen atoms in total. The average Bonchev–Trinajstić information content (AvgIpc) is 2.05. The molecule has 1 rings (SSSR count). The van der Waals surface area contributed by atoms with Crippen molar-refractivity contribution < 1.29 is 4.74 Å². The zero-order valence-electron chi connectivity index (χ0n) is 5.87. The van der Waals surface area contributed by atoms with Crippen LogP contribution in [0.1, 0.15) is 5.69 Å². The van der Waals surface area contributed by atoms with E-state index < -0.39 is 0 Å². The molecule has 0 saturated carbocycles. The van der Waals surface area contributed by atoms with E-state index in [4.69, 9.17) is 11.7 Å². The summed E-state index contributed by atoms with van der Waals surface area (Å²) in [5.74, 6) is 0.614. The standard InChI is InChI=1S/C8H9NO/c1-3-7-5-4-6-8(9-7)10-2/h1,4-6H,3H2,2H3. The highest BCUT2D eigenvalue weighted by molar-refractivity contribution is 5.15. The SMILES string of the molecule is [CH]Cc1cccc(OC)n1. The molecule has 0 aliphatic heterocycles. The first kappa shape index (κ1) is 7.06. The van der Waals surface area contributed by atoms with Gasteiger partial charge in [-0.3, -0.25) is 0 Å². The second kappa shape index (κ2) is 3.20. The van der Waals surface area contributed by atoms with Crippen molar-refractivity contribution in [2.75, 3.05) is 7.11 Å². The highest BCUT2D eigenvalue weighted by atomic mass is 16.5. The topological polar surface area (TPSA) is 22.1 Å². The summed E-state index contributed by atoms with van der Waals surface area (Å²) in [6, 6.07) is 5.52. The van der Waals surface area contributed by atoms with E-state index in [1.54, 1.807) is 13.2 Å². The molecule has 1 heterocycles. The van der Waals surface area contributed by atoms with Gasteiger partial charge in [0.15, 0.2) is 0 Å². The zero-order chi connectivity index (χ0) is 7.40. The maximum absolute atomic E-state index is 5.36. The lowest BCUT2D eigenvalue weighted by Gasteiger charge is -1.98. The minimum absolute atomic E-state index is 0.456. The third kappa shape index (κ3) is 1.47. The number of hydrogen-bond donors (Lipinski definition) is 0. The predicted molar refractivity (Wildman–Crippen MR) is 38.8 cm³/mol. The molecule has 0 atom stereocenters. The van der Waals surface area contributed by atoms with E-state index in [-0.39, 0.29) is 0 Å². The second-order valence-electron chi connectivity index (χ2n) is 1.88. The van der Waals surface area contributed by atoms with E-state index in [0.717, 1.165) is 5.69 Å². The Kier molecular flexibility index (Phi) is 2.26. The van der Waals surface area contributed by atoms with Crippen molar-refractivity contribution in [3.8, 4) is 5.88 Å². The van der Waals surface area contributed by atoms with Gasteiger partial charge in [-0.1, -0.05) is 6.07 Å². The van der Waals surface area contributed by atoms with Crippen LogP contribution in [0.3, 0.4) is 0 Å². The van der Waals surface area contributed by atoms with Gasteiger partial charge in [-0.15, -0.1) is 0 Å². The molecule has 1 aromatic rings. The normalized spacial score (nSPS) is 9.40. The monoisotopic (exact) mass is 135 g/mol. The van der Waals surface area contributed by atoms with Gasteiger partial charge in [-0.2, -0.15) is 0 Å². The van der Waals surface area contributed by atoms with Crippen molar-refractivity contribution in [3.05, 3.63) is 30.8 Å². The molecule has 0 saturated heterocycles. The van der Waals surface area contributed by atoms with Gasteiger partial charge in [0.2, 0.25) is 5.88 Å². The summed E-state index contributed by atoms with van der Waals surface area (Å²) < 4.78 is 4.89. The molecule has 0 N–H and O–H groups in total. The molecule has 10 heavy (non-hydrogen) atoms. The van der Waals surface area contributed by atoms with Crippen LogP contribution < -0.4 is 4.74 Å². The van der Waals surface area contributed by atoms with Crippen LogP contribution in [-0.4, -0.2) is 12.1 Å². The molecule has 0 aliphatic rings. The number of nitrogens with zero attached hydrogens (tertiary/aromatic N) is 1. The third-order valence-electron chi connectivity index (χ3n) is 1.20. The van der Waals surface area contributed by atoms with Crippen molar-refractivity contribution in [3.63, 3.8) is 0 Å². The Labute approximate surface area is 60.9 Å². The summed E-state index contributed by atoms with van der Waals surface area (Å²) in [5.41, 5.74) is 0.847. The van der Waals surface area contributed by atoms with E-state index in [1.807, 2.05) is 12.1 Å². The number of pyridine rings is 1. The Morgan fingerprint density at radius 1 is 1.60 bits per heavy atom. The number of methoxy groups -OCH3 is 1. The van der Waals surface area contributed by atoms with Gasteiger partial charge in [0, 0.05) is 11.8 Å². The van der Waals surface area contributed by atoms with E-state index in [2.05, 4.69) is 4.98 Å². The lowest BCUT2D eigenvalue weighted by molar-refractivity contribution is 0.396. The van der Waals surface area contributed by atoms with Crippen LogP contribution in [0, 0.1) is 6.92 Å². The Hall–Kier alpha value is -1.05. The lowest BCUT2D eigenvalue weighted by atomic mass is 10.3. The van der Waals surface area contributed by atoms with Crippen LogP contribution in [-0.2, 0) is 6.42 Å². The molecule has 0 spiro atoms. The predicted octanol–water partition coefficient (Wildman–Crippen LogP) is 1.34. The van der Waals surface area contributed by atoms with Gasteiger partial charge >= 0.3 is 0 Å². The van der Waals surface area contributed by atoms with Crippen LogP contribution in [0.15, 0.2) is 18.2 Å². The fourth-order valence-electron chi connectivity index (χ4n) is 0.685. The maximum atomic E-state index is 5.36. The first-order valence-electron chi connectivity index (χ1n) is 3.07. The van der Waals surface area contributed by atoms with Gasteiger partial charge < -0.3 is 4.74 Å². The Morgan fingerprint density at radius 3 is 3.00 bits per heavy atom. The third-order valence-corrected chi connectivity index (χ3v) is 1.20. The first-order valence-corrected chi connectivity index (χ1v) is 3.07. The molecule has 2 heteroatoms. The van der Waals surface area contributed by atoms with E-state index >= 15 is 0 Å². The smallest absolute Gasteiger partial charge is 0.213 e. The minimum Gasteiger partial charge on any atom is -0.481 e. The number of aromatic nitrogens is 1. The van der Waals surface area contributed by atoms with Gasteiger partial charge in [0.25, 0.3) is 0 Å². The molecule has 0 aromatic carbocycles. The summed E-state index contributed by atoms with van der Waals surface area (Å²) in [7, 11) is 1.59. The van der Waals surface area contributed by atoms with Crippen LogP contribution >= 0.6 is 0 Å². The molecule has 0 bridgehead atoms. The van der Waals surface area contributed by atoms with E-state index in [0.29, 0.717) is 12.3 Å². The van der Waals surface area contributed by atoms with Crippen molar-refractivity contribution in [2.45, 2.75) is 6.42 Å². The Morgan fingerprint density at radius 2 is 2.40 bits per heavy atom. The second-order valence-corrected chi connectivity index (χ2v) is 1.88. The van der Waals surface area contributed by atoms with Crippen LogP contribution in [0.2, 0.25) is 0 Å². The lowest BCUT2D eigenvalue weighted by Crippen LogP contribution is -1.90. The van der Waals surface area contributed by atoms with Crippen LogP contribution in [0.5, 0.6) is 5.88 Å². The number of ether oxygens (including phenoxy) is 1. The minimum atomic E-state index is 0.456. The average molecular weight is 135 g/mol. The molecule has 1 aromatic heterocycles. The largest absolute Gasteiger partial charge is 0.481 e. The molecule has 0 unspecified atom stereocenters. The molecule has 0 amide bonds. The van der Waals surface area contributed by atoms with Crippen LogP contribution in [0.25, 0.3) is 0 Å². The highest BCUT2D eigenvalue weighted by Crippen LogP contribution is 2.05. The molecule has 0 fully saturated rings. The molecule has 52 valence electrons. The fourth-order valence-corrected chi connectivity index (χ4v) is 0.685. The van der Waals surface area contributed by atoms with Crippen molar-refractivity contribution >= 4 is 0 Å². The van der Waals surface area contributed by atoms with E-state index in [1.165, 1.54) is 0 Å². The van der Waals surface area contributed by atoms with Gasteiger partial charge in [0.1, 0.15) is 0 Å². The fraction of sp³-hybridized carbons (Fsp3) is 0.250. The van der Waals surface area contributed by atoms with Gasteiger partial charge in [-0.05, 0) is 19.4 Å². The zero-order valence-corrected chi connectivity index (χ0v) is 5.87. The maximum Gasteiger partial charge on any atom is 0.213 e. The van der Waals surface area contributed by atoms with E-state index in [9.17, 15) is 0 Å². The Bertz CT molecular complexity index is 191. The molecule has 2 radical (unpaired) electrons. The summed E-state index contributed by atoms with van der Waals surface area (Å²) in [4.78, 5) is 4.06. The Balaban J connectivity index is 2.87. The quantitative estimate of drug-likeness (QED) is 0.610. The van der Waals surface area contributed by atoms with Crippen molar-refractivity contribution in [1.82, 2.24) is 4.98 Å². The molecular weight excluding hydrogens is 126 g/mol. The summed E-state index contributed by atoms with van der Waals surface area (Å²) in [6.45, 7) is 5.36. The summed E-state index contributed by atoms with van der Waals surface area (Å²) in [5, 5.41) is 0. The van der Waals surface area contributed by atoms with Crippen molar-refractivity contribution in [1.29, 1.82) is 0 Å². The highest BCUT2D eigenvalue weighted by Gasteiger charge is 1.92. The van der Waals surface area contributed by atoms with Crippen LogP contribution in [0.4, 0.5) is 0 Å². The van der Waals surface area contributed by atoms with Gasteiger partial charge in [-0.25, -0.2) is 4.98 Å². The summed E-state index contributed by atoms with van der Waals surface area (Å²) in [6.07, 6.45) is 0.456.